The predicted molar refractivity (Wildman–Crippen MR) is 82.6 cm³/mol. The molecule has 4 nitrogen and oxygen atoms in total. The van der Waals surface area contributed by atoms with Crippen molar-refractivity contribution in [3.05, 3.63) is 35.4 Å². The van der Waals surface area contributed by atoms with Crippen LogP contribution in [0.4, 0.5) is 0 Å². The normalized spacial score (nSPS) is 15.5. The molecular formula is C17H24N2O2. The first kappa shape index (κ1) is 15.5. The van der Waals surface area contributed by atoms with Crippen LogP contribution in [0.5, 0.6) is 0 Å². The minimum Gasteiger partial charge on any atom is -0.350 e. The van der Waals surface area contributed by atoms with Crippen molar-refractivity contribution in [2.75, 3.05) is 6.54 Å². The summed E-state index contributed by atoms with van der Waals surface area (Å²) in [6, 6.07) is 8.02. The van der Waals surface area contributed by atoms with E-state index in [1.807, 2.05) is 31.2 Å². The van der Waals surface area contributed by atoms with Crippen LogP contribution < -0.4 is 10.6 Å². The summed E-state index contributed by atoms with van der Waals surface area (Å²) in [6.07, 6.45) is 5.38. The first-order valence-corrected chi connectivity index (χ1v) is 7.75. The van der Waals surface area contributed by atoms with Crippen molar-refractivity contribution in [2.24, 2.45) is 5.92 Å². The molecule has 0 bridgehead atoms. The van der Waals surface area contributed by atoms with Crippen LogP contribution >= 0.6 is 0 Å². The van der Waals surface area contributed by atoms with E-state index in [-0.39, 0.29) is 24.3 Å². The Morgan fingerprint density at radius 3 is 2.62 bits per heavy atom. The number of carbonyl (C=O) groups excluding carboxylic acids is 2. The van der Waals surface area contributed by atoms with Gasteiger partial charge in [-0.05, 0) is 25.3 Å². The van der Waals surface area contributed by atoms with E-state index in [0.29, 0.717) is 6.54 Å². The Bertz CT molecular complexity index is 493. The van der Waals surface area contributed by atoms with Gasteiger partial charge in [-0.1, -0.05) is 49.1 Å². The molecule has 2 rings (SSSR count). The highest BCUT2D eigenvalue weighted by atomic mass is 16.2. The molecular weight excluding hydrogens is 264 g/mol. The van der Waals surface area contributed by atoms with Crippen LogP contribution in [-0.2, 0) is 16.1 Å². The molecule has 1 fully saturated rings. The molecule has 1 aromatic rings. The summed E-state index contributed by atoms with van der Waals surface area (Å²) >= 11 is 0. The summed E-state index contributed by atoms with van der Waals surface area (Å²) in [5, 5.41) is 5.58. The molecule has 1 aromatic carbocycles. The second kappa shape index (κ2) is 7.81. The van der Waals surface area contributed by atoms with Gasteiger partial charge in [-0.25, -0.2) is 0 Å². The van der Waals surface area contributed by atoms with Crippen LogP contribution in [0.1, 0.15) is 43.2 Å². The SMILES string of the molecule is Cc1cccc(CNC(=O)CNC(=O)C2CCCCC2)c1. The second-order valence-electron chi connectivity index (χ2n) is 5.82. The summed E-state index contributed by atoms with van der Waals surface area (Å²) < 4.78 is 0. The lowest BCUT2D eigenvalue weighted by atomic mass is 9.89. The fourth-order valence-corrected chi connectivity index (χ4v) is 2.76. The van der Waals surface area contributed by atoms with Gasteiger partial charge in [0.1, 0.15) is 0 Å². The number of benzene rings is 1. The number of rotatable bonds is 5. The van der Waals surface area contributed by atoms with E-state index < -0.39 is 0 Å². The Labute approximate surface area is 126 Å². The highest BCUT2D eigenvalue weighted by molar-refractivity contribution is 5.85. The molecule has 0 aliphatic heterocycles. The maximum absolute atomic E-state index is 11.9. The van der Waals surface area contributed by atoms with E-state index in [4.69, 9.17) is 0 Å². The lowest BCUT2D eigenvalue weighted by molar-refractivity contribution is -0.129. The van der Waals surface area contributed by atoms with Crippen LogP contribution in [-0.4, -0.2) is 18.4 Å². The average Bonchev–Trinajstić information content (AvgIpc) is 2.51. The lowest BCUT2D eigenvalue weighted by Crippen LogP contribution is -2.39. The van der Waals surface area contributed by atoms with Gasteiger partial charge in [0.2, 0.25) is 11.8 Å². The Kier molecular flexibility index (Phi) is 5.78. The molecule has 0 heterocycles. The third-order valence-electron chi connectivity index (χ3n) is 3.97. The summed E-state index contributed by atoms with van der Waals surface area (Å²) in [4.78, 5) is 23.7. The fraction of sp³-hybridized carbons (Fsp3) is 0.529. The van der Waals surface area contributed by atoms with Crippen LogP contribution in [0.3, 0.4) is 0 Å². The first-order chi connectivity index (χ1) is 10.1. The van der Waals surface area contributed by atoms with Crippen molar-refractivity contribution in [2.45, 2.75) is 45.6 Å². The number of nitrogens with one attached hydrogen (secondary N) is 2. The highest BCUT2D eigenvalue weighted by Gasteiger charge is 2.21. The minimum absolute atomic E-state index is 0.0282. The molecule has 0 aromatic heterocycles. The summed E-state index contributed by atoms with van der Waals surface area (Å²) in [7, 11) is 0. The summed E-state index contributed by atoms with van der Waals surface area (Å²) in [5.74, 6) is -0.00982. The minimum atomic E-state index is -0.138. The van der Waals surface area contributed by atoms with E-state index in [0.717, 1.165) is 31.2 Å². The predicted octanol–water partition coefficient (Wildman–Crippen LogP) is 2.31. The average molecular weight is 288 g/mol. The number of hydrogen-bond donors (Lipinski definition) is 2. The van der Waals surface area contributed by atoms with Crippen LogP contribution in [0.25, 0.3) is 0 Å². The van der Waals surface area contributed by atoms with E-state index in [9.17, 15) is 9.59 Å². The first-order valence-electron chi connectivity index (χ1n) is 7.75. The van der Waals surface area contributed by atoms with E-state index in [1.54, 1.807) is 0 Å². The standard InChI is InChI=1S/C17H24N2O2/c1-13-6-5-7-14(10-13)11-18-16(20)12-19-17(21)15-8-3-2-4-9-15/h5-7,10,15H,2-4,8-9,11-12H2,1H3,(H,18,20)(H,19,21). The second-order valence-corrected chi connectivity index (χ2v) is 5.82. The molecule has 2 amide bonds. The quantitative estimate of drug-likeness (QED) is 0.873. The van der Waals surface area contributed by atoms with Crippen LogP contribution in [0, 0.1) is 12.8 Å². The lowest BCUT2D eigenvalue weighted by Gasteiger charge is -2.20. The van der Waals surface area contributed by atoms with Crippen LogP contribution in [0.15, 0.2) is 24.3 Å². The van der Waals surface area contributed by atoms with Crippen molar-refractivity contribution in [3.8, 4) is 0 Å². The zero-order chi connectivity index (χ0) is 15.1. The van der Waals surface area contributed by atoms with Crippen molar-refractivity contribution in [3.63, 3.8) is 0 Å². The third kappa shape index (κ3) is 5.21. The topological polar surface area (TPSA) is 58.2 Å². The largest absolute Gasteiger partial charge is 0.350 e. The van der Waals surface area contributed by atoms with Crippen LogP contribution in [0.2, 0.25) is 0 Å². The molecule has 21 heavy (non-hydrogen) atoms. The van der Waals surface area contributed by atoms with Gasteiger partial charge in [0.15, 0.2) is 0 Å². The van der Waals surface area contributed by atoms with Crippen molar-refractivity contribution >= 4 is 11.8 Å². The van der Waals surface area contributed by atoms with Gasteiger partial charge in [-0.2, -0.15) is 0 Å². The van der Waals surface area contributed by atoms with Crippen molar-refractivity contribution in [1.29, 1.82) is 0 Å². The molecule has 0 spiro atoms. The molecule has 0 atom stereocenters. The fourth-order valence-electron chi connectivity index (χ4n) is 2.76. The van der Waals surface area contributed by atoms with Gasteiger partial charge in [0.25, 0.3) is 0 Å². The Balaban J connectivity index is 1.68. The monoisotopic (exact) mass is 288 g/mol. The molecule has 1 saturated carbocycles. The highest BCUT2D eigenvalue weighted by Crippen LogP contribution is 2.23. The van der Waals surface area contributed by atoms with Crippen molar-refractivity contribution < 1.29 is 9.59 Å². The smallest absolute Gasteiger partial charge is 0.239 e. The third-order valence-corrected chi connectivity index (χ3v) is 3.97. The Hall–Kier alpha value is -1.84. The zero-order valence-corrected chi connectivity index (χ0v) is 12.7. The molecule has 114 valence electrons. The molecule has 0 radical (unpaired) electrons. The Morgan fingerprint density at radius 1 is 1.14 bits per heavy atom. The maximum atomic E-state index is 11.9. The Morgan fingerprint density at radius 2 is 1.90 bits per heavy atom. The summed E-state index contributed by atoms with van der Waals surface area (Å²) in [6.45, 7) is 2.59. The van der Waals surface area contributed by atoms with Gasteiger partial charge in [0.05, 0.1) is 6.54 Å². The van der Waals surface area contributed by atoms with Gasteiger partial charge in [0, 0.05) is 12.5 Å². The van der Waals surface area contributed by atoms with E-state index in [2.05, 4.69) is 10.6 Å². The summed E-state index contributed by atoms with van der Waals surface area (Å²) in [5.41, 5.74) is 2.24. The molecule has 2 N–H and O–H groups in total. The molecule has 0 unspecified atom stereocenters. The number of carbonyl (C=O) groups is 2. The molecule has 4 heteroatoms. The van der Waals surface area contributed by atoms with Crippen molar-refractivity contribution in [1.82, 2.24) is 10.6 Å². The van der Waals surface area contributed by atoms with E-state index in [1.165, 1.54) is 12.0 Å². The molecule has 1 aliphatic rings. The zero-order valence-electron chi connectivity index (χ0n) is 12.7. The number of aryl methyl sites for hydroxylation is 1. The van der Waals surface area contributed by atoms with Gasteiger partial charge >= 0.3 is 0 Å². The maximum Gasteiger partial charge on any atom is 0.239 e. The number of hydrogen-bond acceptors (Lipinski definition) is 2. The van der Waals surface area contributed by atoms with Gasteiger partial charge < -0.3 is 10.6 Å². The van der Waals surface area contributed by atoms with E-state index >= 15 is 0 Å². The van der Waals surface area contributed by atoms with Gasteiger partial charge in [-0.15, -0.1) is 0 Å². The number of amides is 2. The molecule has 1 aliphatic carbocycles. The molecule has 0 saturated heterocycles. The van der Waals surface area contributed by atoms with Gasteiger partial charge in [-0.3, -0.25) is 9.59 Å².